The zero-order valence-electron chi connectivity index (χ0n) is 22.8. The number of pyridine rings is 1. The Morgan fingerprint density at radius 1 is 1.17 bits per heavy atom. The molecule has 5 heterocycles. The van der Waals surface area contributed by atoms with Crippen LogP contribution in [0.1, 0.15) is 40.1 Å². The van der Waals surface area contributed by atoms with Gasteiger partial charge in [-0.05, 0) is 49.8 Å². The molecule has 0 amide bonds. The van der Waals surface area contributed by atoms with Crippen molar-refractivity contribution in [3.63, 3.8) is 0 Å². The number of benzene rings is 1. The summed E-state index contributed by atoms with van der Waals surface area (Å²) in [6.07, 6.45) is 1.47. The third-order valence-corrected chi connectivity index (χ3v) is 7.36. The number of nitrogens with zero attached hydrogens (tertiary/aromatic N) is 6. The summed E-state index contributed by atoms with van der Waals surface area (Å²) in [4.78, 5) is 24.1. The van der Waals surface area contributed by atoms with E-state index in [9.17, 15) is 22.4 Å². The Hall–Kier alpha value is -4.52. The predicted molar refractivity (Wildman–Crippen MR) is 147 cm³/mol. The van der Waals surface area contributed by atoms with Crippen molar-refractivity contribution in [2.45, 2.75) is 39.2 Å². The maximum absolute atomic E-state index is 14.4. The minimum Gasteiger partial charge on any atom is -0.487 e. The van der Waals surface area contributed by atoms with E-state index in [2.05, 4.69) is 15.1 Å². The summed E-state index contributed by atoms with van der Waals surface area (Å²) in [6.45, 7) is 4.72. The number of aromatic nitrogens is 5. The molecule has 2 N–H and O–H groups in total. The Morgan fingerprint density at radius 3 is 2.60 bits per heavy atom. The van der Waals surface area contributed by atoms with Crippen LogP contribution in [0.2, 0.25) is 0 Å². The second kappa shape index (κ2) is 10.4. The highest BCUT2D eigenvalue weighted by molar-refractivity contribution is 6.15. The lowest BCUT2D eigenvalue weighted by Crippen LogP contribution is -2.56. The number of fused-ring (bicyclic) bond motifs is 1. The van der Waals surface area contributed by atoms with Gasteiger partial charge in [-0.25, -0.2) is 14.4 Å². The van der Waals surface area contributed by atoms with Crippen LogP contribution in [0, 0.1) is 12.7 Å². The molecule has 6 rings (SSSR count). The van der Waals surface area contributed by atoms with Gasteiger partial charge in [-0.3, -0.25) is 9.48 Å². The van der Waals surface area contributed by atoms with Crippen LogP contribution in [0.15, 0.2) is 48.4 Å². The van der Waals surface area contributed by atoms with Crippen molar-refractivity contribution < 1.29 is 27.1 Å². The number of hydrogen-bond acceptors (Lipinski definition) is 7. The third kappa shape index (κ3) is 5.04. The number of nitrogens with two attached hydrogens (primary N) is 1. The summed E-state index contributed by atoms with van der Waals surface area (Å²) < 4.78 is 65.7. The van der Waals surface area contributed by atoms with Crippen molar-refractivity contribution >= 4 is 17.7 Å². The summed E-state index contributed by atoms with van der Waals surface area (Å²) in [5.41, 5.74) is 5.98. The highest BCUT2D eigenvalue weighted by Crippen LogP contribution is 2.44. The van der Waals surface area contributed by atoms with Gasteiger partial charge >= 0.3 is 6.18 Å². The van der Waals surface area contributed by atoms with Crippen LogP contribution >= 0.6 is 0 Å². The fourth-order valence-corrected chi connectivity index (χ4v) is 5.17. The fourth-order valence-electron chi connectivity index (χ4n) is 5.17. The third-order valence-electron chi connectivity index (χ3n) is 7.36. The molecule has 1 aromatic carbocycles. The lowest BCUT2D eigenvalue weighted by atomic mass is 9.91. The van der Waals surface area contributed by atoms with E-state index in [1.807, 2.05) is 4.57 Å². The number of Topliss-reactive ketones (excluding diaryl/α,β-unsaturated/α-hetero) is 1. The molecular weight excluding hydrogens is 554 g/mol. The van der Waals surface area contributed by atoms with Gasteiger partial charge in [-0.15, -0.1) is 0 Å². The first-order valence-corrected chi connectivity index (χ1v) is 13.4. The van der Waals surface area contributed by atoms with Gasteiger partial charge in [0.25, 0.3) is 0 Å². The van der Waals surface area contributed by atoms with Crippen molar-refractivity contribution in [3.8, 4) is 16.9 Å². The zero-order chi connectivity index (χ0) is 29.8. The molecule has 0 atom stereocenters. The van der Waals surface area contributed by atoms with Gasteiger partial charge in [0.05, 0.1) is 11.3 Å². The monoisotopic (exact) mass is 581 g/mol. The van der Waals surface area contributed by atoms with Crippen LogP contribution in [0.5, 0.6) is 5.75 Å². The van der Waals surface area contributed by atoms with Gasteiger partial charge < -0.3 is 19.9 Å². The van der Waals surface area contributed by atoms with Crippen LogP contribution in [-0.2, 0) is 19.3 Å². The zero-order valence-corrected chi connectivity index (χ0v) is 22.8. The average molecular weight is 582 g/mol. The van der Waals surface area contributed by atoms with Crippen LogP contribution in [-0.4, -0.2) is 55.8 Å². The summed E-state index contributed by atoms with van der Waals surface area (Å²) in [7, 11) is 0. The molecule has 218 valence electrons. The number of anilines is 1. The molecule has 0 bridgehead atoms. The van der Waals surface area contributed by atoms with Crippen LogP contribution in [0.4, 0.5) is 23.4 Å². The van der Waals surface area contributed by atoms with E-state index in [4.69, 9.17) is 10.5 Å². The standard InChI is InChI=1S/C29H27F4N7O2/c1-3-40-14-23(27(37-40)29(31,32)33)21-8-17(11-38-7-6-35-16(38)2)9-22-25(41)18(15-42-26(21)22)10-20-4-5-24(30)28(36-20)39-12-19(34)13-39/h4-10,14,19H,3,11-13,15,34H2,1-2H3/b18-10+. The fraction of sp³-hybridized carbons (Fsp3) is 0.310. The molecule has 9 nitrogen and oxygen atoms in total. The Morgan fingerprint density at radius 2 is 1.93 bits per heavy atom. The van der Waals surface area contributed by atoms with Gasteiger partial charge in [-0.2, -0.15) is 18.3 Å². The molecule has 42 heavy (non-hydrogen) atoms. The van der Waals surface area contributed by atoms with Crippen LogP contribution in [0.3, 0.4) is 0 Å². The second-order valence-electron chi connectivity index (χ2n) is 10.4. The van der Waals surface area contributed by atoms with Gasteiger partial charge in [0.2, 0.25) is 0 Å². The first-order chi connectivity index (χ1) is 20.0. The molecule has 0 saturated carbocycles. The molecule has 1 fully saturated rings. The van der Waals surface area contributed by atoms with Crippen LogP contribution < -0.4 is 15.4 Å². The number of rotatable bonds is 6. The van der Waals surface area contributed by atoms with Gasteiger partial charge in [-0.1, -0.05) is 0 Å². The van der Waals surface area contributed by atoms with Crippen molar-refractivity contribution in [2.24, 2.45) is 5.73 Å². The number of carbonyl (C=O) groups is 1. The quantitative estimate of drug-likeness (QED) is 0.265. The molecule has 2 aliphatic rings. The van der Waals surface area contributed by atoms with E-state index in [1.165, 1.54) is 29.1 Å². The van der Waals surface area contributed by atoms with Gasteiger partial charge in [0.15, 0.2) is 23.1 Å². The summed E-state index contributed by atoms with van der Waals surface area (Å²) in [5, 5.41) is 3.75. The summed E-state index contributed by atoms with van der Waals surface area (Å²) >= 11 is 0. The molecule has 1 saturated heterocycles. The number of ketones is 1. The minimum absolute atomic E-state index is 0.0479. The Labute approximate surface area is 238 Å². The number of ether oxygens (including phenoxy) is 1. The second-order valence-corrected chi connectivity index (χ2v) is 10.4. The summed E-state index contributed by atoms with van der Waals surface area (Å²) in [6, 6.07) is 5.88. The van der Waals surface area contributed by atoms with Crippen molar-refractivity contribution in [3.05, 3.63) is 82.6 Å². The van der Waals surface area contributed by atoms with Crippen LogP contribution in [0.25, 0.3) is 17.2 Å². The van der Waals surface area contributed by atoms with E-state index in [1.54, 1.807) is 43.3 Å². The number of halogens is 4. The number of carbonyl (C=O) groups excluding carboxylic acids is 1. The molecule has 4 aromatic rings. The van der Waals surface area contributed by atoms with E-state index in [0.717, 1.165) is 0 Å². The molecule has 0 spiro atoms. The maximum atomic E-state index is 14.4. The maximum Gasteiger partial charge on any atom is 0.435 e. The molecule has 0 aliphatic carbocycles. The number of imidazole rings is 1. The molecule has 3 aromatic heterocycles. The van der Waals surface area contributed by atoms with E-state index < -0.39 is 23.5 Å². The van der Waals surface area contributed by atoms with Crippen molar-refractivity contribution in [1.29, 1.82) is 0 Å². The first-order valence-electron chi connectivity index (χ1n) is 13.4. The number of aryl methyl sites for hydroxylation is 2. The predicted octanol–water partition coefficient (Wildman–Crippen LogP) is 4.48. The Balaban J connectivity index is 1.45. The lowest BCUT2D eigenvalue weighted by molar-refractivity contribution is -0.141. The molecule has 13 heteroatoms. The number of hydrogen-bond donors (Lipinski definition) is 1. The Bertz CT molecular complexity index is 1720. The minimum atomic E-state index is -4.73. The Kier molecular flexibility index (Phi) is 6.84. The van der Waals surface area contributed by atoms with E-state index >= 15 is 0 Å². The van der Waals surface area contributed by atoms with E-state index in [-0.39, 0.29) is 59.6 Å². The first kappa shape index (κ1) is 27.6. The molecular formula is C29H27F4N7O2. The van der Waals surface area contributed by atoms with Gasteiger partial charge in [0, 0.05) is 67.5 Å². The smallest absolute Gasteiger partial charge is 0.435 e. The highest BCUT2D eigenvalue weighted by Gasteiger charge is 2.39. The molecule has 2 aliphatic heterocycles. The topological polar surface area (TPSA) is 104 Å². The average Bonchev–Trinajstić information content (AvgIpc) is 3.56. The van der Waals surface area contributed by atoms with E-state index in [0.29, 0.717) is 30.2 Å². The molecule has 0 radical (unpaired) electrons. The highest BCUT2D eigenvalue weighted by atomic mass is 19.4. The normalized spacial score (nSPS) is 16.5. The lowest BCUT2D eigenvalue weighted by Gasteiger charge is -2.38. The largest absolute Gasteiger partial charge is 0.487 e. The molecule has 0 unspecified atom stereocenters. The summed E-state index contributed by atoms with van der Waals surface area (Å²) in [5.74, 6) is -0.0293. The van der Waals surface area contributed by atoms with Gasteiger partial charge in [0.1, 0.15) is 18.2 Å². The number of alkyl halides is 3. The van der Waals surface area contributed by atoms with Crippen molar-refractivity contribution in [1.82, 2.24) is 24.3 Å². The SMILES string of the molecule is CCn1cc(-c2cc(Cn3ccnc3C)cc3c2OC/C(=C\c2ccc(F)c(N4CC(N)C4)n2)C3=O)c(C(F)(F)F)n1. The van der Waals surface area contributed by atoms with Crippen molar-refractivity contribution in [2.75, 3.05) is 24.6 Å².